The molecule has 0 saturated heterocycles. The van der Waals surface area contributed by atoms with E-state index >= 15 is 0 Å². The first kappa shape index (κ1) is 6.08. The molecule has 0 aliphatic heterocycles. The Labute approximate surface area is 54.6 Å². The summed E-state index contributed by atoms with van der Waals surface area (Å²) >= 11 is 0. The van der Waals surface area contributed by atoms with Crippen LogP contribution in [-0.4, -0.2) is 10.7 Å². The quantitative estimate of drug-likeness (QED) is 0.553. The molecular weight excluding hydrogens is 112 g/mol. The van der Waals surface area contributed by atoms with Crippen LogP contribution in [0.5, 0.6) is 0 Å². The maximum Gasteiger partial charge on any atom is 0.0802 e. The van der Waals surface area contributed by atoms with Crippen LogP contribution in [0.15, 0.2) is 23.5 Å². The minimum absolute atomic E-state index is 0.995. The normalized spacial score (nSPS) is 9.11. The van der Waals surface area contributed by atoms with Gasteiger partial charge in [-0.15, -0.1) is 0 Å². The Morgan fingerprint density at radius 2 is 2.33 bits per heavy atom. The maximum absolute atomic E-state index is 4.20. The van der Waals surface area contributed by atoms with Gasteiger partial charge in [0, 0.05) is 18.1 Å². The lowest BCUT2D eigenvalue weighted by atomic mass is 10.4. The lowest BCUT2D eigenvalue weighted by Crippen LogP contribution is -1.75. The Kier molecular flexibility index (Phi) is 1.68. The number of hydrogen-bond acceptors (Lipinski definition) is 1. The van der Waals surface area contributed by atoms with Crippen LogP contribution in [-0.2, 0) is 0 Å². The smallest absolute Gasteiger partial charge is 0.0802 e. The van der Waals surface area contributed by atoms with Crippen molar-refractivity contribution in [2.24, 2.45) is 4.99 Å². The predicted molar refractivity (Wildman–Crippen MR) is 39.2 cm³/mol. The highest BCUT2D eigenvalue weighted by Crippen LogP contribution is 2.08. The van der Waals surface area contributed by atoms with Gasteiger partial charge in [-0.3, -0.25) is 4.99 Å². The SMILES string of the molecule is CC(C)=Nc1cc[nH]c1. The number of H-pyrrole nitrogens is 1. The van der Waals surface area contributed by atoms with Crippen LogP contribution in [0.4, 0.5) is 5.69 Å². The molecule has 0 aromatic carbocycles. The molecule has 0 aliphatic carbocycles. The lowest BCUT2D eigenvalue weighted by Gasteiger charge is -1.84. The summed E-state index contributed by atoms with van der Waals surface area (Å²) in [5.41, 5.74) is 2.07. The fraction of sp³-hybridized carbons (Fsp3) is 0.286. The highest BCUT2D eigenvalue weighted by atomic mass is 14.8. The van der Waals surface area contributed by atoms with Crippen LogP contribution in [0.1, 0.15) is 13.8 Å². The molecule has 0 fully saturated rings. The highest BCUT2D eigenvalue weighted by molar-refractivity contribution is 5.81. The molecule has 48 valence electrons. The molecule has 0 aliphatic rings. The van der Waals surface area contributed by atoms with Crippen molar-refractivity contribution >= 4 is 11.4 Å². The van der Waals surface area contributed by atoms with Gasteiger partial charge >= 0.3 is 0 Å². The summed E-state index contributed by atoms with van der Waals surface area (Å²) in [7, 11) is 0. The second-order valence-electron chi connectivity index (χ2n) is 2.13. The van der Waals surface area contributed by atoms with E-state index in [0.29, 0.717) is 0 Å². The minimum atomic E-state index is 0.995. The van der Waals surface area contributed by atoms with Crippen molar-refractivity contribution in [3.63, 3.8) is 0 Å². The van der Waals surface area contributed by atoms with Crippen molar-refractivity contribution in [2.45, 2.75) is 13.8 Å². The van der Waals surface area contributed by atoms with Gasteiger partial charge in [-0.2, -0.15) is 0 Å². The Morgan fingerprint density at radius 3 is 2.78 bits per heavy atom. The number of hydrogen-bond donors (Lipinski definition) is 1. The molecular formula is C7H10N2. The largest absolute Gasteiger partial charge is 0.366 e. The highest BCUT2D eigenvalue weighted by Gasteiger charge is 1.84. The Hall–Kier alpha value is -1.05. The van der Waals surface area contributed by atoms with Gasteiger partial charge in [-0.05, 0) is 19.9 Å². The van der Waals surface area contributed by atoms with Crippen LogP contribution >= 0.6 is 0 Å². The first-order valence-corrected chi connectivity index (χ1v) is 2.94. The van der Waals surface area contributed by atoms with Gasteiger partial charge in [0.25, 0.3) is 0 Å². The van der Waals surface area contributed by atoms with Crippen molar-refractivity contribution in [1.29, 1.82) is 0 Å². The standard InChI is InChI=1S/C7H10N2/c1-6(2)9-7-3-4-8-5-7/h3-5,8H,1-2H3. The molecule has 0 unspecified atom stereocenters. The van der Waals surface area contributed by atoms with E-state index in [9.17, 15) is 0 Å². The van der Waals surface area contributed by atoms with Crippen LogP contribution in [0.25, 0.3) is 0 Å². The number of aromatic amines is 1. The fourth-order valence-corrected chi connectivity index (χ4v) is 0.643. The average molecular weight is 122 g/mol. The number of nitrogens with zero attached hydrogens (tertiary/aromatic N) is 1. The van der Waals surface area contributed by atoms with E-state index in [0.717, 1.165) is 11.4 Å². The van der Waals surface area contributed by atoms with Crippen LogP contribution in [0.2, 0.25) is 0 Å². The van der Waals surface area contributed by atoms with E-state index < -0.39 is 0 Å². The predicted octanol–water partition coefficient (Wildman–Crippen LogP) is 2.13. The molecule has 0 atom stereocenters. The summed E-state index contributed by atoms with van der Waals surface area (Å²) < 4.78 is 0. The number of nitrogens with one attached hydrogen (secondary N) is 1. The third-order valence-electron chi connectivity index (χ3n) is 0.934. The van der Waals surface area contributed by atoms with Gasteiger partial charge in [0.05, 0.1) is 5.69 Å². The number of aromatic nitrogens is 1. The fourth-order valence-electron chi connectivity index (χ4n) is 0.643. The third-order valence-corrected chi connectivity index (χ3v) is 0.934. The number of rotatable bonds is 1. The van der Waals surface area contributed by atoms with Crippen molar-refractivity contribution in [3.05, 3.63) is 18.5 Å². The van der Waals surface area contributed by atoms with Gasteiger partial charge in [0.2, 0.25) is 0 Å². The summed E-state index contributed by atoms with van der Waals surface area (Å²) in [5.74, 6) is 0. The minimum Gasteiger partial charge on any atom is -0.366 e. The molecule has 1 aromatic rings. The van der Waals surface area contributed by atoms with E-state index in [-0.39, 0.29) is 0 Å². The van der Waals surface area contributed by atoms with E-state index in [2.05, 4.69) is 9.98 Å². The van der Waals surface area contributed by atoms with Crippen molar-refractivity contribution in [1.82, 2.24) is 4.98 Å². The van der Waals surface area contributed by atoms with E-state index in [1.165, 1.54) is 0 Å². The van der Waals surface area contributed by atoms with E-state index in [4.69, 9.17) is 0 Å². The average Bonchev–Trinajstić information content (AvgIpc) is 2.15. The molecule has 9 heavy (non-hydrogen) atoms. The molecule has 0 spiro atoms. The summed E-state index contributed by atoms with van der Waals surface area (Å²) in [6.45, 7) is 3.96. The van der Waals surface area contributed by atoms with E-state index in [1.54, 1.807) is 0 Å². The van der Waals surface area contributed by atoms with Gasteiger partial charge in [0.1, 0.15) is 0 Å². The first-order chi connectivity index (χ1) is 4.29. The van der Waals surface area contributed by atoms with Crippen LogP contribution < -0.4 is 0 Å². The molecule has 0 amide bonds. The summed E-state index contributed by atoms with van der Waals surface area (Å²) in [6, 6.07) is 1.94. The first-order valence-electron chi connectivity index (χ1n) is 2.94. The summed E-state index contributed by atoms with van der Waals surface area (Å²) in [5, 5.41) is 0. The molecule has 2 nitrogen and oxygen atoms in total. The Balaban J connectivity index is 2.80. The lowest BCUT2D eigenvalue weighted by molar-refractivity contribution is 1.40. The monoisotopic (exact) mass is 122 g/mol. The molecule has 1 N–H and O–H groups in total. The van der Waals surface area contributed by atoms with Crippen LogP contribution in [0.3, 0.4) is 0 Å². The summed E-state index contributed by atoms with van der Waals surface area (Å²) in [6.07, 6.45) is 3.73. The molecule has 2 heteroatoms. The van der Waals surface area contributed by atoms with Crippen molar-refractivity contribution < 1.29 is 0 Å². The molecule has 1 aromatic heterocycles. The zero-order valence-corrected chi connectivity index (χ0v) is 5.68. The Bertz CT molecular complexity index is 193. The zero-order valence-electron chi connectivity index (χ0n) is 5.68. The van der Waals surface area contributed by atoms with Crippen molar-refractivity contribution in [2.75, 3.05) is 0 Å². The molecule has 0 radical (unpaired) electrons. The third kappa shape index (κ3) is 1.72. The summed E-state index contributed by atoms with van der Waals surface area (Å²) in [4.78, 5) is 7.13. The van der Waals surface area contributed by atoms with E-state index in [1.807, 2.05) is 32.3 Å². The van der Waals surface area contributed by atoms with Gasteiger partial charge < -0.3 is 4.98 Å². The topological polar surface area (TPSA) is 28.1 Å². The molecule has 0 bridgehead atoms. The molecule has 0 saturated carbocycles. The molecule has 1 heterocycles. The van der Waals surface area contributed by atoms with Gasteiger partial charge in [-0.25, -0.2) is 0 Å². The number of aliphatic imine (C=N–C) groups is 1. The van der Waals surface area contributed by atoms with Gasteiger partial charge in [-0.1, -0.05) is 0 Å². The molecule has 1 rings (SSSR count). The van der Waals surface area contributed by atoms with Crippen LogP contribution in [0, 0.1) is 0 Å². The zero-order chi connectivity index (χ0) is 6.69. The van der Waals surface area contributed by atoms with Crippen molar-refractivity contribution in [3.8, 4) is 0 Å². The second-order valence-corrected chi connectivity index (χ2v) is 2.13. The second kappa shape index (κ2) is 2.49. The van der Waals surface area contributed by atoms with Gasteiger partial charge in [0.15, 0.2) is 0 Å². The Morgan fingerprint density at radius 1 is 1.56 bits per heavy atom. The maximum atomic E-state index is 4.20.